The van der Waals surface area contributed by atoms with Crippen LogP contribution in [-0.4, -0.2) is 72.1 Å². The maximum atomic E-state index is 5.89. The molecule has 0 spiro atoms. The zero-order valence-electron chi connectivity index (χ0n) is 18.0. The molecule has 0 aromatic carbocycles. The highest BCUT2D eigenvalue weighted by Crippen LogP contribution is 2.26. The van der Waals surface area contributed by atoms with Gasteiger partial charge in [-0.15, -0.1) is 0 Å². The molecule has 2 aliphatic heterocycles. The van der Waals surface area contributed by atoms with Crippen LogP contribution in [0.4, 0.5) is 5.82 Å². The topological polar surface area (TPSA) is 103 Å². The van der Waals surface area contributed by atoms with Gasteiger partial charge in [0.2, 0.25) is 5.88 Å². The monoisotopic (exact) mass is 436 g/mol. The van der Waals surface area contributed by atoms with Crippen molar-refractivity contribution in [2.24, 2.45) is 5.92 Å². The van der Waals surface area contributed by atoms with Gasteiger partial charge >= 0.3 is 0 Å². The van der Waals surface area contributed by atoms with E-state index in [1.165, 1.54) is 0 Å². The number of rotatable bonds is 7. The number of nitrogens with one attached hydrogen (secondary N) is 2. The van der Waals surface area contributed by atoms with Crippen LogP contribution >= 0.6 is 0 Å². The lowest BCUT2D eigenvalue weighted by atomic mass is 10.0. The number of ether oxygens (including phenoxy) is 3. The van der Waals surface area contributed by atoms with Crippen LogP contribution in [0.5, 0.6) is 5.88 Å². The fourth-order valence-electron chi connectivity index (χ4n) is 3.94. The number of pyridine rings is 2. The van der Waals surface area contributed by atoms with Gasteiger partial charge < -0.3 is 24.8 Å². The Bertz CT molecular complexity index is 1020. The van der Waals surface area contributed by atoms with Crippen LogP contribution in [0, 0.1) is 5.92 Å². The molecule has 2 saturated heterocycles. The van der Waals surface area contributed by atoms with E-state index in [1.54, 1.807) is 18.6 Å². The average Bonchev–Trinajstić information content (AvgIpc) is 2.87. The molecule has 2 aliphatic rings. The third kappa shape index (κ3) is 5.12. The SMILES string of the molecule is c1cnc2c(NCC3CNCCO3)nc(-c3ccc(OCC4CCOCC4)nc3)cc2n1. The van der Waals surface area contributed by atoms with Crippen molar-refractivity contribution in [1.82, 2.24) is 25.3 Å². The van der Waals surface area contributed by atoms with Gasteiger partial charge in [0.15, 0.2) is 5.82 Å². The zero-order valence-corrected chi connectivity index (χ0v) is 18.0. The van der Waals surface area contributed by atoms with E-state index in [9.17, 15) is 0 Å². The first-order valence-corrected chi connectivity index (χ1v) is 11.2. The number of anilines is 1. The lowest BCUT2D eigenvalue weighted by Crippen LogP contribution is -2.42. The highest BCUT2D eigenvalue weighted by molar-refractivity contribution is 5.88. The summed E-state index contributed by atoms with van der Waals surface area (Å²) >= 11 is 0. The lowest BCUT2D eigenvalue weighted by molar-refractivity contribution is 0.0372. The van der Waals surface area contributed by atoms with E-state index in [0.717, 1.165) is 68.0 Å². The minimum Gasteiger partial charge on any atom is -0.477 e. The quantitative estimate of drug-likeness (QED) is 0.577. The van der Waals surface area contributed by atoms with Gasteiger partial charge in [0.05, 0.1) is 30.5 Å². The molecule has 5 rings (SSSR count). The summed E-state index contributed by atoms with van der Waals surface area (Å²) in [5.74, 6) is 1.85. The van der Waals surface area contributed by atoms with Crippen molar-refractivity contribution in [3.8, 4) is 17.1 Å². The standard InChI is InChI=1S/C23H28N6O3/c1-2-21(32-15-16-3-8-30-9-4-16)27-12-17(1)19-11-20-22(26-6-5-25-20)23(29-19)28-14-18-13-24-7-10-31-18/h1-2,5-6,11-12,16,18,24H,3-4,7-10,13-15H2,(H,28,29). The van der Waals surface area contributed by atoms with Crippen LogP contribution in [0.25, 0.3) is 22.3 Å². The second-order valence-electron chi connectivity index (χ2n) is 8.11. The molecule has 1 unspecified atom stereocenters. The summed E-state index contributed by atoms with van der Waals surface area (Å²) in [6.07, 6.45) is 7.34. The molecule has 0 bridgehead atoms. The highest BCUT2D eigenvalue weighted by Gasteiger charge is 2.17. The Kier molecular flexibility index (Phi) is 6.66. The molecule has 9 heteroatoms. The van der Waals surface area contributed by atoms with Gasteiger partial charge in [-0.3, -0.25) is 4.98 Å². The zero-order chi connectivity index (χ0) is 21.6. The van der Waals surface area contributed by atoms with Crippen molar-refractivity contribution in [3.05, 3.63) is 36.8 Å². The molecular weight excluding hydrogens is 408 g/mol. The summed E-state index contributed by atoms with van der Waals surface area (Å²) in [5, 5.41) is 6.74. The molecule has 168 valence electrons. The first kappa shape index (κ1) is 21.0. The van der Waals surface area contributed by atoms with Gasteiger partial charge in [0.1, 0.15) is 5.52 Å². The second kappa shape index (κ2) is 10.2. The summed E-state index contributed by atoms with van der Waals surface area (Å²) in [7, 11) is 0. The summed E-state index contributed by atoms with van der Waals surface area (Å²) in [5.41, 5.74) is 3.20. The molecule has 2 fully saturated rings. The van der Waals surface area contributed by atoms with Crippen LogP contribution < -0.4 is 15.4 Å². The summed E-state index contributed by atoms with van der Waals surface area (Å²) in [6, 6.07) is 5.81. The molecular formula is C23H28N6O3. The molecule has 9 nitrogen and oxygen atoms in total. The van der Waals surface area contributed by atoms with Crippen molar-refractivity contribution in [2.75, 3.05) is 51.4 Å². The Morgan fingerprint density at radius 1 is 1.09 bits per heavy atom. The van der Waals surface area contributed by atoms with Crippen molar-refractivity contribution >= 4 is 16.9 Å². The van der Waals surface area contributed by atoms with E-state index in [1.807, 2.05) is 18.2 Å². The summed E-state index contributed by atoms with van der Waals surface area (Å²) < 4.78 is 17.1. The fraction of sp³-hybridized carbons (Fsp3) is 0.478. The van der Waals surface area contributed by atoms with Crippen LogP contribution in [0.3, 0.4) is 0 Å². The number of aromatic nitrogens is 4. The third-order valence-electron chi connectivity index (χ3n) is 5.80. The lowest BCUT2D eigenvalue weighted by Gasteiger charge is -2.24. The van der Waals surface area contributed by atoms with Gasteiger partial charge in [0.25, 0.3) is 0 Å². The minimum atomic E-state index is 0.0924. The second-order valence-corrected chi connectivity index (χ2v) is 8.11. The van der Waals surface area contributed by atoms with E-state index >= 15 is 0 Å². The molecule has 3 aromatic heterocycles. The van der Waals surface area contributed by atoms with Crippen LogP contribution in [-0.2, 0) is 9.47 Å². The number of hydrogen-bond acceptors (Lipinski definition) is 9. The van der Waals surface area contributed by atoms with Crippen molar-refractivity contribution in [2.45, 2.75) is 18.9 Å². The summed E-state index contributed by atoms with van der Waals surface area (Å²) in [4.78, 5) is 18.3. The molecule has 5 heterocycles. The van der Waals surface area contributed by atoms with Gasteiger partial charge in [-0.1, -0.05) is 0 Å². The molecule has 0 amide bonds. The smallest absolute Gasteiger partial charge is 0.213 e. The maximum Gasteiger partial charge on any atom is 0.213 e. The van der Waals surface area contributed by atoms with Gasteiger partial charge in [0, 0.05) is 63.1 Å². The van der Waals surface area contributed by atoms with Gasteiger partial charge in [-0.25, -0.2) is 15.0 Å². The number of nitrogens with zero attached hydrogens (tertiary/aromatic N) is 4. The molecule has 32 heavy (non-hydrogen) atoms. The normalized spacial score (nSPS) is 19.7. The molecule has 0 radical (unpaired) electrons. The fourth-order valence-corrected chi connectivity index (χ4v) is 3.94. The van der Waals surface area contributed by atoms with Crippen LogP contribution in [0.15, 0.2) is 36.8 Å². The highest BCUT2D eigenvalue weighted by atomic mass is 16.5. The predicted molar refractivity (Wildman–Crippen MR) is 121 cm³/mol. The average molecular weight is 437 g/mol. The molecule has 0 saturated carbocycles. The van der Waals surface area contributed by atoms with Crippen molar-refractivity contribution in [1.29, 1.82) is 0 Å². The molecule has 3 aromatic rings. The molecule has 2 N–H and O–H groups in total. The minimum absolute atomic E-state index is 0.0924. The first-order valence-electron chi connectivity index (χ1n) is 11.2. The van der Waals surface area contributed by atoms with Crippen LogP contribution in [0.1, 0.15) is 12.8 Å². The Balaban J connectivity index is 1.31. The molecule has 0 aliphatic carbocycles. The Labute approximate surface area is 186 Å². The Morgan fingerprint density at radius 2 is 2.00 bits per heavy atom. The number of hydrogen-bond donors (Lipinski definition) is 2. The van der Waals surface area contributed by atoms with E-state index in [2.05, 4.69) is 25.6 Å². The third-order valence-corrected chi connectivity index (χ3v) is 5.80. The summed E-state index contributed by atoms with van der Waals surface area (Å²) in [6.45, 7) is 5.37. The van der Waals surface area contributed by atoms with Crippen molar-refractivity contribution in [3.63, 3.8) is 0 Å². The van der Waals surface area contributed by atoms with E-state index in [-0.39, 0.29) is 6.10 Å². The molecule has 1 atom stereocenters. The maximum absolute atomic E-state index is 5.89. The van der Waals surface area contributed by atoms with Gasteiger partial charge in [-0.2, -0.15) is 0 Å². The van der Waals surface area contributed by atoms with E-state index in [0.29, 0.717) is 30.8 Å². The number of fused-ring (bicyclic) bond motifs is 1. The predicted octanol–water partition coefficient (Wildman–Crippen LogP) is 2.29. The Morgan fingerprint density at radius 3 is 2.81 bits per heavy atom. The largest absolute Gasteiger partial charge is 0.477 e. The van der Waals surface area contributed by atoms with Gasteiger partial charge in [-0.05, 0) is 30.9 Å². The first-order chi connectivity index (χ1) is 15.8. The number of morpholine rings is 1. The van der Waals surface area contributed by atoms with Crippen LogP contribution in [0.2, 0.25) is 0 Å². The van der Waals surface area contributed by atoms with Crippen molar-refractivity contribution < 1.29 is 14.2 Å². The van der Waals surface area contributed by atoms with E-state index in [4.69, 9.17) is 19.2 Å². The Hall–Kier alpha value is -2.88. The van der Waals surface area contributed by atoms with E-state index < -0.39 is 0 Å².